The maximum absolute atomic E-state index is 15.6. The van der Waals surface area contributed by atoms with E-state index in [1.807, 2.05) is 32.6 Å². The van der Waals surface area contributed by atoms with Crippen LogP contribution in [0.2, 0.25) is 0 Å². The molecule has 1 unspecified atom stereocenters. The number of hydrogen-bond acceptors (Lipinski definition) is 13. The molecule has 0 bridgehead atoms. The smallest absolute Gasteiger partial charge is 0.306 e. The minimum Gasteiger partial charge on any atom is -0.469 e. The lowest BCUT2D eigenvalue weighted by Crippen LogP contribution is -2.47. The fraction of sp³-hybridized carbons (Fsp3) is 0.510. The van der Waals surface area contributed by atoms with E-state index in [1.165, 1.54) is 36.2 Å². The molecule has 3 aromatic carbocycles. The maximum atomic E-state index is 15.6. The molecule has 368 valence electrons. The second-order valence-electron chi connectivity index (χ2n) is 18.7. The van der Waals surface area contributed by atoms with Crippen LogP contribution in [0.1, 0.15) is 102 Å². The number of nitrogens with one attached hydrogen (secondary N) is 2. The van der Waals surface area contributed by atoms with Crippen LogP contribution in [0.3, 0.4) is 0 Å². The number of carbonyl (C=O) groups excluding carboxylic acids is 6. The van der Waals surface area contributed by atoms with Crippen LogP contribution in [0.4, 0.5) is 32.8 Å². The van der Waals surface area contributed by atoms with Crippen molar-refractivity contribution in [2.75, 3.05) is 60.6 Å². The third-order valence-electron chi connectivity index (χ3n) is 13.6. The predicted octanol–water partition coefficient (Wildman–Crippen LogP) is 6.01. The molecule has 3 aliphatic heterocycles. The van der Waals surface area contributed by atoms with Gasteiger partial charge in [0.15, 0.2) is 9.84 Å². The van der Waals surface area contributed by atoms with Crippen LogP contribution in [0.5, 0.6) is 0 Å². The van der Waals surface area contributed by atoms with E-state index < -0.39 is 80.3 Å². The first kappa shape index (κ1) is 51.2. The van der Waals surface area contributed by atoms with Crippen molar-refractivity contribution >= 4 is 73.8 Å². The normalized spacial score (nSPS) is 20.4. The van der Waals surface area contributed by atoms with Crippen molar-refractivity contribution in [3.63, 3.8) is 0 Å². The molecule has 0 aliphatic carbocycles. The number of nitrogens with zero attached hydrogens (tertiary/aromatic N) is 3. The summed E-state index contributed by atoms with van der Waals surface area (Å²) in [5, 5.41) is 5.80. The van der Waals surface area contributed by atoms with Gasteiger partial charge in [-0.3, -0.25) is 28.8 Å². The standard InChI is InChI=1S/C49H64FN7O10S/c1-27(2)32(25-44(58)66-5)48(62)55-20-8-10-41(55)46(60)53-37-15-12-29(22-35(37)51)39-17-18-40(57(39)31-14-19-43(34(50)24-31)68(7,64)65)30-13-16-38(36(52)23-30)54-47(61)42-11-9-21-56(42)49(63)33(28(3)4)26-45(59)67-6/h12-16,19,22-24,27-28,32-33,39-42H,8-11,17-18,20-21,25-26,51-52H2,1-7H3,(H,53,60)(H,54,61)/t32-,33-,39+,40?,41-,42-/m0/s1. The first-order valence-corrected chi connectivity index (χ1v) is 25.0. The van der Waals surface area contributed by atoms with E-state index in [1.54, 1.807) is 42.5 Å². The first-order chi connectivity index (χ1) is 32.1. The number of nitrogens with two attached hydrogens (primary N) is 2. The molecule has 6 atom stereocenters. The molecule has 6 rings (SSSR count). The molecule has 3 aliphatic rings. The van der Waals surface area contributed by atoms with Gasteiger partial charge in [-0.25, -0.2) is 12.8 Å². The quantitative estimate of drug-likeness (QED) is 0.0952. The third-order valence-corrected chi connectivity index (χ3v) is 14.7. The lowest BCUT2D eigenvalue weighted by Gasteiger charge is -2.34. The number of ether oxygens (including phenoxy) is 2. The monoisotopic (exact) mass is 961 g/mol. The molecule has 6 N–H and O–H groups in total. The van der Waals surface area contributed by atoms with Gasteiger partial charge in [0.25, 0.3) is 0 Å². The van der Waals surface area contributed by atoms with Crippen LogP contribution in [-0.4, -0.2) is 99.4 Å². The average molecular weight is 962 g/mol. The van der Waals surface area contributed by atoms with E-state index in [2.05, 4.69) is 10.6 Å². The molecule has 17 nitrogen and oxygen atoms in total. The molecule has 0 spiro atoms. The van der Waals surface area contributed by atoms with Crippen molar-refractivity contribution in [1.29, 1.82) is 0 Å². The lowest BCUT2D eigenvalue weighted by atomic mass is 9.90. The van der Waals surface area contributed by atoms with Crippen LogP contribution in [-0.2, 0) is 48.1 Å². The number of amides is 4. The minimum absolute atomic E-state index is 0.0953. The van der Waals surface area contributed by atoms with Gasteiger partial charge < -0.3 is 46.3 Å². The topological polar surface area (TPSA) is 241 Å². The molecule has 68 heavy (non-hydrogen) atoms. The zero-order valence-corrected chi connectivity index (χ0v) is 40.6. The number of likely N-dealkylation sites (tertiary alicyclic amines) is 2. The zero-order chi connectivity index (χ0) is 49.8. The van der Waals surface area contributed by atoms with Crippen molar-refractivity contribution < 1.29 is 51.0 Å². The van der Waals surface area contributed by atoms with Gasteiger partial charge in [0.05, 0.1) is 73.7 Å². The molecule has 3 aromatic rings. The van der Waals surface area contributed by atoms with E-state index in [-0.39, 0.29) is 47.9 Å². The lowest BCUT2D eigenvalue weighted by molar-refractivity contribution is -0.149. The number of carbonyl (C=O) groups is 6. The summed E-state index contributed by atoms with van der Waals surface area (Å²) in [6.45, 7) is 8.11. The molecule has 3 saturated heterocycles. The summed E-state index contributed by atoms with van der Waals surface area (Å²) in [6.07, 6.45) is 3.92. The maximum Gasteiger partial charge on any atom is 0.306 e. The number of esters is 2. The highest BCUT2D eigenvalue weighted by atomic mass is 32.2. The molecular formula is C49H64FN7O10S. The van der Waals surface area contributed by atoms with Crippen molar-refractivity contribution in [3.05, 3.63) is 71.5 Å². The van der Waals surface area contributed by atoms with E-state index in [4.69, 9.17) is 20.9 Å². The van der Waals surface area contributed by atoms with Crippen molar-refractivity contribution in [2.24, 2.45) is 23.7 Å². The predicted molar refractivity (Wildman–Crippen MR) is 255 cm³/mol. The number of benzene rings is 3. The molecule has 0 radical (unpaired) electrons. The highest BCUT2D eigenvalue weighted by Gasteiger charge is 2.42. The summed E-state index contributed by atoms with van der Waals surface area (Å²) in [6, 6.07) is 12.0. The van der Waals surface area contributed by atoms with Crippen LogP contribution in [0.25, 0.3) is 0 Å². The fourth-order valence-corrected chi connectivity index (χ4v) is 10.5. The Kier molecular flexibility index (Phi) is 16.1. The van der Waals surface area contributed by atoms with Crippen LogP contribution in [0.15, 0.2) is 59.5 Å². The largest absolute Gasteiger partial charge is 0.469 e. The Labute approximate surface area is 397 Å². The zero-order valence-electron chi connectivity index (χ0n) is 39.8. The number of hydrogen-bond donors (Lipinski definition) is 4. The van der Waals surface area contributed by atoms with E-state index in [0.29, 0.717) is 68.7 Å². The summed E-state index contributed by atoms with van der Waals surface area (Å²) in [5.41, 5.74) is 16.3. The molecule has 0 saturated carbocycles. The van der Waals surface area contributed by atoms with Gasteiger partial charge >= 0.3 is 11.9 Å². The van der Waals surface area contributed by atoms with Gasteiger partial charge in [-0.15, -0.1) is 0 Å². The SMILES string of the molecule is COC(=O)C[C@H](C(=O)N1CCC[C@H]1C(=O)Nc1ccc(C2CC[C@H](c3ccc(NC(=O)[C@@H]4CCCN4C(=O)[C@@H](CC(=O)OC)C(C)C)c(N)c3)N2c2ccc(S(C)(=O)=O)c(F)c2)cc1N)C(C)C. The minimum atomic E-state index is -3.88. The molecule has 4 amide bonds. The Bertz CT molecular complexity index is 2410. The molecule has 0 aromatic heterocycles. The number of rotatable bonds is 16. The van der Waals surface area contributed by atoms with Gasteiger partial charge in [0, 0.05) is 25.0 Å². The van der Waals surface area contributed by atoms with Gasteiger partial charge in [-0.1, -0.05) is 39.8 Å². The second kappa shape index (κ2) is 21.4. The summed E-state index contributed by atoms with van der Waals surface area (Å²) < 4.78 is 50.1. The number of halogens is 1. The van der Waals surface area contributed by atoms with E-state index >= 15 is 4.39 Å². The van der Waals surface area contributed by atoms with Gasteiger partial charge in [0.1, 0.15) is 22.8 Å². The molecule has 3 heterocycles. The summed E-state index contributed by atoms with van der Waals surface area (Å²) in [5.74, 6) is -4.97. The Morgan fingerprint density at radius 2 is 1.10 bits per heavy atom. The van der Waals surface area contributed by atoms with Crippen molar-refractivity contribution in [1.82, 2.24) is 9.80 Å². The average Bonchev–Trinajstić information content (AvgIpc) is 4.08. The Balaban J connectivity index is 1.23. The Hall–Kier alpha value is -6.24. The van der Waals surface area contributed by atoms with Crippen LogP contribution in [0, 0.1) is 29.5 Å². The van der Waals surface area contributed by atoms with Gasteiger partial charge in [0.2, 0.25) is 23.6 Å². The third kappa shape index (κ3) is 11.2. The highest BCUT2D eigenvalue weighted by Crippen LogP contribution is 2.48. The van der Waals surface area contributed by atoms with Crippen LogP contribution >= 0.6 is 0 Å². The van der Waals surface area contributed by atoms with E-state index in [0.717, 1.165) is 17.4 Å². The molecule has 19 heteroatoms. The summed E-state index contributed by atoms with van der Waals surface area (Å²) in [7, 11) is -1.34. The van der Waals surface area contributed by atoms with Crippen LogP contribution < -0.4 is 27.0 Å². The number of anilines is 5. The van der Waals surface area contributed by atoms with Gasteiger partial charge in [-0.05, 0) is 104 Å². The highest BCUT2D eigenvalue weighted by molar-refractivity contribution is 7.90. The first-order valence-electron chi connectivity index (χ1n) is 23.1. The number of sulfone groups is 1. The summed E-state index contributed by atoms with van der Waals surface area (Å²) >= 11 is 0. The fourth-order valence-electron chi connectivity index (χ4n) is 9.79. The van der Waals surface area contributed by atoms with Crippen molar-refractivity contribution in [2.45, 2.75) is 108 Å². The Morgan fingerprint density at radius 3 is 1.46 bits per heavy atom. The number of nitrogen functional groups attached to an aromatic ring is 2. The molecule has 3 fully saturated rings. The number of methoxy groups -OCH3 is 2. The molecular weight excluding hydrogens is 898 g/mol. The Morgan fingerprint density at radius 1 is 0.676 bits per heavy atom. The van der Waals surface area contributed by atoms with Crippen molar-refractivity contribution in [3.8, 4) is 0 Å². The van der Waals surface area contributed by atoms with E-state index in [9.17, 15) is 37.2 Å². The van der Waals surface area contributed by atoms with Gasteiger partial charge in [-0.2, -0.15) is 0 Å². The summed E-state index contributed by atoms with van der Waals surface area (Å²) in [4.78, 5) is 83.7. The second-order valence-corrected chi connectivity index (χ2v) is 20.7.